The van der Waals surface area contributed by atoms with Crippen LogP contribution in [0.4, 0.5) is 0 Å². The van der Waals surface area contributed by atoms with Crippen LogP contribution in [0.15, 0.2) is 24.3 Å². The maximum atomic E-state index is 9.96. The summed E-state index contributed by atoms with van der Waals surface area (Å²) in [6.45, 7) is 3.61. The van der Waals surface area contributed by atoms with Crippen molar-refractivity contribution < 1.29 is 9.84 Å². The third-order valence-electron chi connectivity index (χ3n) is 4.21. The van der Waals surface area contributed by atoms with Crippen LogP contribution in [0.1, 0.15) is 50.7 Å². The molecule has 0 heterocycles. The lowest BCUT2D eigenvalue weighted by Gasteiger charge is -2.26. The summed E-state index contributed by atoms with van der Waals surface area (Å²) in [7, 11) is 0. The summed E-state index contributed by atoms with van der Waals surface area (Å²) in [5.74, 6) is 2.36. The minimum Gasteiger partial charge on any atom is -0.493 e. The van der Waals surface area contributed by atoms with E-state index in [4.69, 9.17) is 10.5 Å². The van der Waals surface area contributed by atoms with E-state index in [0.29, 0.717) is 18.9 Å². The Labute approximate surface area is 122 Å². The van der Waals surface area contributed by atoms with Crippen LogP contribution in [0, 0.1) is 11.8 Å². The van der Waals surface area contributed by atoms with E-state index >= 15 is 0 Å². The Kier molecular flexibility index (Phi) is 5.86. The van der Waals surface area contributed by atoms with Gasteiger partial charge in [0.25, 0.3) is 0 Å². The van der Waals surface area contributed by atoms with Crippen LogP contribution in [0.2, 0.25) is 0 Å². The molecule has 1 aliphatic rings. The van der Waals surface area contributed by atoms with Gasteiger partial charge in [-0.3, -0.25) is 0 Å². The molecule has 20 heavy (non-hydrogen) atoms. The van der Waals surface area contributed by atoms with Crippen LogP contribution in [0.5, 0.6) is 5.75 Å². The monoisotopic (exact) mass is 277 g/mol. The maximum absolute atomic E-state index is 9.96. The highest BCUT2D eigenvalue weighted by Crippen LogP contribution is 2.29. The normalized spacial score (nSPS) is 24.4. The fraction of sp³-hybridized carbons (Fsp3) is 0.647. The molecule has 1 saturated carbocycles. The molecule has 1 aromatic carbocycles. The molecule has 0 bridgehead atoms. The number of nitrogens with two attached hydrogens (primary N) is 1. The molecule has 0 saturated heterocycles. The Hall–Kier alpha value is -1.06. The predicted octanol–water partition coefficient (Wildman–Crippen LogP) is 3.27. The highest BCUT2D eigenvalue weighted by molar-refractivity contribution is 5.29. The maximum Gasteiger partial charge on any atom is 0.119 e. The molecule has 1 aliphatic carbocycles. The molecule has 3 atom stereocenters. The van der Waals surface area contributed by atoms with Crippen molar-refractivity contribution in [1.29, 1.82) is 0 Å². The lowest BCUT2D eigenvalue weighted by molar-refractivity contribution is 0.167. The van der Waals surface area contributed by atoms with E-state index in [1.807, 2.05) is 24.3 Å². The van der Waals surface area contributed by atoms with Gasteiger partial charge in [-0.15, -0.1) is 0 Å². The number of aliphatic hydroxyl groups excluding tert-OH is 1. The lowest BCUT2D eigenvalue weighted by Crippen LogP contribution is -2.19. The standard InChI is InChI=1S/C17H27NO2/c1-13-4-2-5-14(10-13)12-20-16-7-3-6-15(11-16)17(19)8-9-18/h3,6-7,11,13-14,17,19H,2,4-5,8-10,12,18H2,1H3/t13-,14+,17-/m1/s1. The van der Waals surface area contributed by atoms with Gasteiger partial charge in [0.1, 0.15) is 5.75 Å². The smallest absolute Gasteiger partial charge is 0.119 e. The molecule has 0 radical (unpaired) electrons. The third-order valence-corrected chi connectivity index (χ3v) is 4.21. The number of benzene rings is 1. The van der Waals surface area contributed by atoms with Gasteiger partial charge in [-0.2, -0.15) is 0 Å². The van der Waals surface area contributed by atoms with E-state index in [9.17, 15) is 5.11 Å². The molecular weight excluding hydrogens is 250 g/mol. The van der Waals surface area contributed by atoms with E-state index in [2.05, 4.69) is 6.92 Å². The molecular formula is C17H27NO2. The fourth-order valence-corrected chi connectivity index (χ4v) is 3.06. The summed E-state index contributed by atoms with van der Waals surface area (Å²) in [6, 6.07) is 7.77. The second-order valence-corrected chi connectivity index (χ2v) is 6.11. The van der Waals surface area contributed by atoms with Gasteiger partial charge in [-0.25, -0.2) is 0 Å². The highest BCUT2D eigenvalue weighted by Gasteiger charge is 2.19. The Morgan fingerprint density at radius 3 is 3.00 bits per heavy atom. The molecule has 0 spiro atoms. The number of rotatable bonds is 6. The van der Waals surface area contributed by atoms with Gasteiger partial charge in [0.15, 0.2) is 0 Å². The molecule has 3 heteroatoms. The average Bonchev–Trinajstić information content (AvgIpc) is 2.46. The van der Waals surface area contributed by atoms with Crippen molar-refractivity contribution in [3.8, 4) is 5.75 Å². The first kappa shape index (κ1) is 15.3. The second-order valence-electron chi connectivity index (χ2n) is 6.11. The largest absolute Gasteiger partial charge is 0.493 e. The van der Waals surface area contributed by atoms with Crippen molar-refractivity contribution in [3.05, 3.63) is 29.8 Å². The van der Waals surface area contributed by atoms with E-state index in [-0.39, 0.29) is 0 Å². The number of hydrogen-bond donors (Lipinski definition) is 2. The number of aliphatic hydroxyl groups is 1. The van der Waals surface area contributed by atoms with Crippen LogP contribution < -0.4 is 10.5 Å². The van der Waals surface area contributed by atoms with Gasteiger partial charge in [0.2, 0.25) is 0 Å². The first-order valence-corrected chi connectivity index (χ1v) is 7.80. The van der Waals surface area contributed by atoms with Crippen LogP contribution in [-0.4, -0.2) is 18.3 Å². The van der Waals surface area contributed by atoms with Crippen LogP contribution in [-0.2, 0) is 0 Å². The molecule has 1 fully saturated rings. The average molecular weight is 277 g/mol. The minimum atomic E-state index is -0.488. The van der Waals surface area contributed by atoms with Gasteiger partial charge in [0, 0.05) is 0 Å². The molecule has 112 valence electrons. The summed E-state index contributed by atoms with van der Waals surface area (Å²) in [5, 5.41) is 9.96. The van der Waals surface area contributed by atoms with Gasteiger partial charge in [-0.05, 0) is 55.3 Å². The van der Waals surface area contributed by atoms with Crippen molar-refractivity contribution in [2.45, 2.75) is 45.1 Å². The van der Waals surface area contributed by atoms with E-state index in [1.54, 1.807) is 0 Å². The van der Waals surface area contributed by atoms with Gasteiger partial charge >= 0.3 is 0 Å². The number of ether oxygens (including phenoxy) is 1. The zero-order chi connectivity index (χ0) is 14.4. The molecule has 3 N–H and O–H groups in total. The molecule has 3 nitrogen and oxygen atoms in total. The summed E-state index contributed by atoms with van der Waals surface area (Å²) < 4.78 is 5.92. The first-order chi connectivity index (χ1) is 9.69. The molecule has 0 amide bonds. The number of hydrogen-bond acceptors (Lipinski definition) is 3. The topological polar surface area (TPSA) is 55.5 Å². The quantitative estimate of drug-likeness (QED) is 0.839. The van der Waals surface area contributed by atoms with Gasteiger partial charge in [0.05, 0.1) is 12.7 Å². The molecule has 2 rings (SSSR count). The predicted molar refractivity (Wildman–Crippen MR) is 81.7 cm³/mol. The second kappa shape index (κ2) is 7.65. The van der Waals surface area contributed by atoms with Gasteiger partial charge in [-0.1, -0.05) is 31.9 Å². The van der Waals surface area contributed by atoms with Crippen molar-refractivity contribution in [3.63, 3.8) is 0 Å². The van der Waals surface area contributed by atoms with Crippen molar-refractivity contribution in [2.75, 3.05) is 13.2 Å². The summed E-state index contributed by atoms with van der Waals surface area (Å²) in [4.78, 5) is 0. The van der Waals surface area contributed by atoms with E-state index in [1.165, 1.54) is 25.7 Å². The van der Waals surface area contributed by atoms with E-state index < -0.39 is 6.10 Å². The van der Waals surface area contributed by atoms with Crippen molar-refractivity contribution in [2.24, 2.45) is 17.6 Å². The Balaban J connectivity index is 1.87. The Morgan fingerprint density at radius 2 is 2.25 bits per heavy atom. The van der Waals surface area contributed by atoms with Crippen LogP contribution >= 0.6 is 0 Å². The van der Waals surface area contributed by atoms with Crippen LogP contribution in [0.25, 0.3) is 0 Å². The summed E-state index contributed by atoms with van der Waals surface area (Å²) in [6.07, 6.45) is 5.33. The van der Waals surface area contributed by atoms with Crippen molar-refractivity contribution in [1.82, 2.24) is 0 Å². The summed E-state index contributed by atoms with van der Waals surface area (Å²) >= 11 is 0. The summed E-state index contributed by atoms with van der Waals surface area (Å²) in [5.41, 5.74) is 6.38. The van der Waals surface area contributed by atoms with Crippen molar-refractivity contribution >= 4 is 0 Å². The molecule has 0 aliphatic heterocycles. The highest BCUT2D eigenvalue weighted by atomic mass is 16.5. The molecule has 0 aromatic heterocycles. The molecule has 0 unspecified atom stereocenters. The zero-order valence-electron chi connectivity index (χ0n) is 12.4. The Bertz CT molecular complexity index is 408. The fourth-order valence-electron chi connectivity index (χ4n) is 3.06. The Morgan fingerprint density at radius 1 is 1.40 bits per heavy atom. The minimum absolute atomic E-state index is 0.488. The third kappa shape index (κ3) is 4.50. The van der Waals surface area contributed by atoms with Crippen LogP contribution in [0.3, 0.4) is 0 Å². The SMILES string of the molecule is C[C@@H]1CCC[C@H](COc2cccc([C@H](O)CCN)c2)C1. The van der Waals surface area contributed by atoms with Gasteiger partial charge < -0.3 is 15.6 Å². The zero-order valence-corrected chi connectivity index (χ0v) is 12.4. The lowest BCUT2D eigenvalue weighted by atomic mass is 9.83. The first-order valence-electron chi connectivity index (χ1n) is 7.80. The van der Waals surface area contributed by atoms with E-state index in [0.717, 1.165) is 23.8 Å². The molecule has 1 aromatic rings.